The van der Waals surface area contributed by atoms with E-state index in [0.29, 0.717) is 11.6 Å². The molecule has 19 heavy (non-hydrogen) atoms. The van der Waals surface area contributed by atoms with Crippen molar-refractivity contribution < 1.29 is 0 Å². The standard InChI is InChI=1S/C15H19N3S/c1-19-15(17-13-5-3-2-4-6-13)18-14-9-7-12(11-16)8-10-14/h7-10,13H,2-6H2,1H3,(H,17,18). The molecule has 1 N–H and O–H groups in total. The van der Waals surface area contributed by atoms with Crippen LogP contribution in [0.15, 0.2) is 29.3 Å². The molecule has 1 saturated carbocycles. The van der Waals surface area contributed by atoms with Crippen molar-refractivity contribution in [2.24, 2.45) is 4.99 Å². The highest BCUT2D eigenvalue weighted by Gasteiger charge is 2.14. The first kappa shape index (κ1) is 14.0. The lowest BCUT2D eigenvalue weighted by Crippen LogP contribution is -2.34. The van der Waals surface area contributed by atoms with Crippen LogP contribution in [0.1, 0.15) is 37.7 Å². The third-order valence-electron chi connectivity index (χ3n) is 3.35. The van der Waals surface area contributed by atoms with Crippen LogP contribution in [-0.4, -0.2) is 17.5 Å². The molecule has 0 amide bonds. The Bertz CT molecular complexity index is 467. The number of thioether (sulfide) groups is 1. The second-order valence-corrected chi connectivity index (χ2v) is 5.55. The Balaban J connectivity index is 2.02. The molecule has 100 valence electrons. The van der Waals surface area contributed by atoms with Crippen LogP contribution in [0.4, 0.5) is 5.69 Å². The third kappa shape index (κ3) is 4.29. The minimum Gasteiger partial charge on any atom is -0.362 e. The molecule has 4 heteroatoms. The van der Waals surface area contributed by atoms with E-state index in [4.69, 9.17) is 5.26 Å². The maximum Gasteiger partial charge on any atom is 0.161 e. The van der Waals surface area contributed by atoms with E-state index in [-0.39, 0.29) is 0 Å². The van der Waals surface area contributed by atoms with Gasteiger partial charge in [0.15, 0.2) is 5.17 Å². The van der Waals surface area contributed by atoms with Crippen LogP contribution in [0.3, 0.4) is 0 Å². The van der Waals surface area contributed by atoms with Crippen molar-refractivity contribution in [3.63, 3.8) is 0 Å². The summed E-state index contributed by atoms with van der Waals surface area (Å²) >= 11 is 1.64. The predicted molar refractivity (Wildman–Crippen MR) is 81.8 cm³/mol. The zero-order valence-electron chi connectivity index (χ0n) is 11.2. The van der Waals surface area contributed by atoms with E-state index in [0.717, 1.165) is 10.9 Å². The van der Waals surface area contributed by atoms with E-state index < -0.39 is 0 Å². The van der Waals surface area contributed by atoms with Crippen molar-refractivity contribution in [1.29, 1.82) is 5.26 Å². The molecule has 0 heterocycles. The summed E-state index contributed by atoms with van der Waals surface area (Å²) in [7, 11) is 0. The van der Waals surface area contributed by atoms with Gasteiger partial charge in [0.25, 0.3) is 0 Å². The average Bonchev–Trinajstić information content (AvgIpc) is 2.48. The van der Waals surface area contributed by atoms with Gasteiger partial charge in [-0.2, -0.15) is 5.26 Å². The highest BCUT2D eigenvalue weighted by atomic mass is 32.2. The van der Waals surface area contributed by atoms with Gasteiger partial charge >= 0.3 is 0 Å². The molecule has 0 unspecified atom stereocenters. The first-order chi connectivity index (χ1) is 9.31. The number of nitrogens with zero attached hydrogens (tertiary/aromatic N) is 2. The molecule has 0 radical (unpaired) electrons. The highest BCUT2D eigenvalue weighted by Crippen LogP contribution is 2.20. The maximum absolute atomic E-state index is 8.77. The Hall–Kier alpha value is -1.47. The van der Waals surface area contributed by atoms with Crippen LogP contribution in [0.5, 0.6) is 0 Å². The first-order valence-electron chi connectivity index (χ1n) is 6.71. The summed E-state index contributed by atoms with van der Waals surface area (Å²) in [5.74, 6) is 0. The molecule has 3 nitrogen and oxygen atoms in total. The molecule has 1 aliphatic rings. The Morgan fingerprint density at radius 1 is 1.26 bits per heavy atom. The fourth-order valence-corrected chi connectivity index (χ4v) is 2.77. The third-order valence-corrected chi connectivity index (χ3v) is 3.95. The fourth-order valence-electron chi connectivity index (χ4n) is 2.29. The Labute approximate surface area is 119 Å². The minimum atomic E-state index is 0.568. The lowest BCUT2D eigenvalue weighted by atomic mass is 9.96. The number of rotatable bonds is 2. The molecular formula is C15H19N3S. The van der Waals surface area contributed by atoms with Crippen molar-refractivity contribution >= 4 is 22.6 Å². The molecule has 0 aliphatic heterocycles. The lowest BCUT2D eigenvalue weighted by molar-refractivity contribution is 0.415. The average molecular weight is 273 g/mol. The summed E-state index contributed by atoms with van der Waals surface area (Å²) in [5.41, 5.74) is 1.57. The van der Waals surface area contributed by atoms with Crippen molar-refractivity contribution in [3.8, 4) is 6.07 Å². The Kier molecular flexibility index (Phi) is 5.29. The van der Waals surface area contributed by atoms with Crippen LogP contribution in [0.25, 0.3) is 0 Å². The van der Waals surface area contributed by atoms with Crippen LogP contribution >= 0.6 is 11.8 Å². The maximum atomic E-state index is 8.77. The summed E-state index contributed by atoms with van der Waals surface area (Å²) in [5, 5.41) is 13.3. The molecule has 1 aromatic carbocycles. The van der Waals surface area contributed by atoms with E-state index in [9.17, 15) is 0 Å². The van der Waals surface area contributed by atoms with Gasteiger partial charge in [0.05, 0.1) is 17.3 Å². The van der Waals surface area contributed by atoms with E-state index in [1.54, 1.807) is 23.9 Å². The Morgan fingerprint density at radius 3 is 2.53 bits per heavy atom. The number of nitrogens with one attached hydrogen (secondary N) is 1. The summed E-state index contributed by atoms with van der Waals surface area (Å²) in [4.78, 5) is 4.61. The van der Waals surface area contributed by atoms with E-state index >= 15 is 0 Å². The smallest absolute Gasteiger partial charge is 0.161 e. The largest absolute Gasteiger partial charge is 0.362 e. The number of aliphatic imine (C=N–C) groups is 1. The van der Waals surface area contributed by atoms with Gasteiger partial charge in [0.1, 0.15) is 0 Å². The quantitative estimate of drug-likeness (QED) is 0.658. The van der Waals surface area contributed by atoms with Gasteiger partial charge in [-0.15, -0.1) is 0 Å². The molecule has 1 fully saturated rings. The number of nitriles is 1. The van der Waals surface area contributed by atoms with Gasteiger partial charge in [-0.25, -0.2) is 4.99 Å². The van der Waals surface area contributed by atoms with Gasteiger partial charge in [-0.05, 0) is 43.4 Å². The molecule has 0 saturated heterocycles. The zero-order valence-corrected chi connectivity index (χ0v) is 12.0. The molecule has 1 aliphatic carbocycles. The van der Waals surface area contributed by atoms with Crippen LogP contribution in [0.2, 0.25) is 0 Å². The zero-order chi connectivity index (χ0) is 13.5. The summed E-state index contributed by atoms with van der Waals surface area (Å²) in [6, 6.07) is 10.1. The second kappa shape index (κ2) is 7.20. The number of hydrogen-bond donors (Lipinski definition) is 1. The fraction of sp³-hybridized carbons (Fsp3) is 0.467. The molecule has 0 aromatic heterocycles. The summed E-state index contributed by atoms with van der Waals surface area (Å²) in [6.07, 6.45) is 8.52. The molecule has 1 aromatic rings. The summed E-state index contributed by atoms with van der Waals surface area (Å²) in [6.45, 7) is 0. The highest BCUT2D eigenvalue weighted by molar-refractivity contribution is 8.13. The second-order valence-electron chi connectivity index (χ2n) is 4.76. The van der Waals surface area contributed by atoms with Gasteiger partial charge in [-0.3, -0.25) is 0 Å². The Morgan fingerprint density at radius 2 is 1.95 bits per heavy atom. The summed E-state index contributed by atoms with van der Waals surface area (Å²) < 4.78 is 0. The molecule has 0 spiro atoms. The van der Waals surface area contributed by atoms with Gasteiger partial charge in [0.2, 0.25) is 0 Å². The van der Waals surface area contributed by atoms with Crippen molar-refractivity contribution in [2.45, 2.75) is 38.1 Å². The molecule has 0 atom stereocenters. The number of hydrogen-bond acceptors (Lipinski definition) is 3. The topological polar surface area (TPSA) is 48.2 Å². The monoisotopic (exact) mass is 273 g/mol. The normalized spacial score (nSPS) is 16.9. The predicted octanol–water partition coefficient (Wildman–Crippen LogP) is 3.83. The van der Waals surface area contributed by atoms with Crippen molar-refractivity contribution in [1.82, 2.24) is 5.32 Å². The molecule has 0 bridgehead atoms. The number of amidine groups is 1. The molecular weight excluding hydrogens is 254 g/mol. The van der Waals surface area contributed by atoms with Gasteiger partial charge in [0, 0.05) is 6.04 Å². The van der Waals surface area contributed by atoms with Gasteiger partial charge in [-0.1, -0.05) is 31.0 Å². The molecule has 2 rings (SSSR count). The van der Waals surface area contributed by atoms with E-state index in [1.807, 2.05) is 18.4 Å². The number of benzene rings is 1. The van der Waals surface area contributed by atoms with E-state index in [1.165, 1.54) is 32.1 Å². The van der Waals surface area contributed by atoms with Crippen molar-refractivity contribution in [3.05, 3.63) is 29.8 Å². The van der Waals surface area contributed by atoms with Gasteiger partial charge < -0.3 is 5.32 Å². The minimum absolute atomic E-state index is 0.568. The van der Waals surface area contributed by atoms with Crippen molar-refractivity contribution in [2.75, 3.05) is 6.26 Å². The lowest BCUT2D eigenvalue weighted by Gasteiger charge is -2.23. The SMILES string of the molecule is CS/C(=N\c1ccc(C#N)cc1)NC1CCCCC1. The van der Waals surface area contributed by atoms with Crippen LogP contribution in [0, 0.1) is 11.3 Å². The van der Waals surface area contributed by atoms with Crippen LogP contribution in [-0.2, 0) is 0 Å². The van der Waals surface area contributed by atoms with Crippen LogP contribution < -0.4 is 5.32 Å². The van der Waals surface area contributed by atoms with E-state index in [2.05, 4.69) is 16.4 Å². The first-order valence-corrected chi connectivity index (χ1v) is 7.93.